The Morgan fingerprint density at radius 1 is 1.36 bits per heavy atom. The SMILES string of the molecule is C/C=C/COC(=O)NC(CC1(C)CCC1)C(=O)NC(C=O)CC1CCNC1=O. The van der Waals surface area contributed by atoms with Gasteiger partial charge in [0.25, 0.3) is 0 Å². The van der Waals surface area contributed by atoms with E-state index in [1.807, 2.05) is 6.92 Å². The summed E-state index contributed by atoms with van der Waals surface area (Å²) in [5, 5.41) is 8.04. The van der Waals surface area contributed by atoms with E-state index in [1.165, 1.54) is 0 Å². The third kappa shape index (κ3) is 6.35. The molecule has 156 valence electrons. The Morgan fingerprint density at radius 2 is 2.11 bits per heavy atom. The predicted octanol–water partition coefficient (Wildman–Crippen LogP) is 1.45. The van der Waals surface area contributed by atoms with E-state index in [0.29, 0.717) is 25.7 Å². The Hall–Kier alpha value is -2.38. The second-order valence-electron chi connectivity index (χ2n) is 8.00. The molecule has 2 rings (SSSR count). The minimum atomic E-state index is -0.789. The van der Waals surface area contributed by atoms with Gasteiger partial charge in [-0.25, -0.2) is 4.79 Å². The van der Waals surface area contributed by atoms with Crippen molar-refractivity contribution in [3.05, 3.63) is 12.2 Å². The number of hydrogen-bond acceptors (Lipinski definition) is 5. The number of rotatable bonds is 10. The fourth-order valence-corrected chi connectivity index (χ4v) is 3.70. The summed E-state index contributed by atoms with van der Waals surface area (Å²) in [6.07, 6.45) is 7.91. The van der Waals surface area contributed by atoms with Crippen molar-refractivity contribution in [3.63, 3.8) is 0 Å². The van der Waals surface area contributed by atoms with Crippen LogP contribution in [-0.2, 0) is 19.1 Å². The zero-order valence-corrected chi connectivity index (χ0v) is 16.7. The first-order valence-corrected chi connectivity index (χ1v) is 9.95. The molecule has 8 nitrogen and oxygen atoms in total. The molecule has 8 heteroatoms. The normalized spacial score (nSPS) is 22.6. The Bertz CT molecular complexity index is 615. The van der Waals surface area contributed by atoms with Crippen molar-refractivity contribution in [3.8, 4) is 0 Å². The van der Waals surface area contributed by atoms with Crippen molar-refractivity contribution in [2.45, 2.75) is 64.5 Å². The lowest BCUT2D eigenvalue weighted by molar-refractivity contribution is -0.128. The lowest BCUT2D eigenvalue weighted by atomic mass is 9.67. The number of carbonyl (C=O) groups is 4. The van der Waals surface area contributed by atoms with Gasteiger partial charge in [-0.3, -0.25) is 9.59 Å². The Balaban J connectivity index is 1.96. The number of ether oxygens (including phenoxy) is 1. The molecule has 0 spiro atoms. The minimum absolute atomic E-state index is 0.0133. The molecule has 1 saturated carbocycles. The fourth-order valence-electron chi connectivity index (χ4n) is 3.70. The van der Waals surface area contributed by atoms with Crippen LogP contribution in [0.5, 0.6) is 0 Å². The molecule has 0 radical (unpaired) electrons. The van der Waals surface area contributed by atoms with Crippen molar-refractivity contribution in [1.82, 2.24) is 16.0 Å². The van der Waals surface area contributed by atoms with Crippen molar-refractivity contribution in [2.24, 2.45) is 11.3 Å². The Labute approximate surface area is 165 Å². The van der Waals surface area contributed by atoms with Gasteiger partial charge in [0.1, 0.15) is 18.9 Å². The second-order valence-corrected chi connectivity index (χ2v) is 8.00. The summed E-state index contributed by atoms with van der Waals surface area (Å²) < 4.78 is 5.04. The van der Waals surface area contributed by atoms with E-state index in [4.69, 9.17) is 4.74 Å². The van der Waals surface area contributed by atoms with Crippen molar-refractivity contribution in [2.75, 3.05) is 13.2 Å². The van der Waals surface area contributed by atoms with Gasteiger partial charge in [0.2, 0.25) is 11.8 Å². The standard InChI is InChI=1S/C20H31N3O5/c1-3-4-10-28-19(27)23-16(12-20(2)7-5-8-20)18(26)22-15(13-24)11-14-6-9-21-17(14)25/h3-4,13-16H,5-12H2,1-2H3,(H,21,25)(H,22,26)(H,23,27)/b4-3+. The maximum atomic E-state index is 12.8. The van der Waals surface area contributed by atoms with Gasteiger partial charge in [0.15, 0.2) is 0 Å². The van der Waals surface area contributed by atoms with E-state index in [0.717, 1.165) is 19.3 Å². The highest BCUT2D eigenvalue weighted by molar-refractivity contribution is 5.88. The first-order chi connectivity index (χ1) is 13.4. The monoisotopic (exact) mass is 393 g/mol. The molecule has 2 aliphatic rings. The van der Waals surface area contributed by atoms with Gasteiger partial charge in [-0.15, -0.1) is 0 Å². The van der Waals surface area contributed by atoms with E-state index in [9.17, 15) is 19.2 Å². The lowest BCUT2D eigenvalue weighted by Crippen LogP contribution is -2.53. The average Bonchev–Trinajstić information content (AvgIpc) is 3.04. The molecule has 1 aliphatic heterocycles. The van der Waals surface area contributed by atoms with Crippen LogP contribution in [-0.4, -0.2) is 49.4 Å². The summed E-state index contributed by atoms with van der Waals surface area (Å²) in [6.45, 7) is 4.62. The molecular weight excluding hydrogens is 362 g/mol. The van der Waals surface area contributed by atoms with Crippen molar-refractivity contribution in [1.29, 1.82) is 0 Å². The van der Waals surface area contributed by atoms with E-state index < -0.39 is 24.1 Å². The van der Waals surface area contributed by atoms with Crippen molar-refractivity contribution < 1.29 is 23.9 Å². The summed E-state index contributed by atoms with van der Waals surface area (Å²) in [4.78, 5) is 48.0. The van der Waals surface area contributed by atoms with Gasteiger partial charge in [-0.2, -0.15) is 0 Å². The summed E-state index contributed by atoms with van der Waals surface area (Å²) in [6, 6.07) is -1.55. The van der Waals surface area contributed by atoms with E-state index in [1.54, 1.807) is 12.2 Å². The van der Waals surface area contributed by atoms with Gasteiger partial charge in [-0.1, -0.05) is 25.5 Å². The molecule has 0 aromatic rings. The van der Waals surface area contributed by atoms with Gasteiger partial charge in [0.05, 0.1) is 6.04 Å². The second kappa shape index (κ2) is 10.2. The van der Waals surface area contributed by atoms with Gasteiger partial charge in [0, 0.05) is 12.5 Å². The number of allylic oxidation sites excluding steroid dienone is 1. The molecule has 1 aliphatic carbocycles. The molecule has 0 aromatic heterocycles. The van der Waals surface area contributed by atoms with Gasteiger partial charge >= 0.3 is 6.09 Å². The number of amides is 3. The van der Waals surface area contributed by atoms with Crippen LogP contribution in [0.25, 0.3) is 0 Å². The average molecular weight is 393 g/mol. The molecule has 0 aromatic carbocycles. The predicted molar refractivity (Wildman–Crippen MR) is 103 cm³/mol. The number of nitrogens with one attached hydrogen (secondary N) is 3. The third-order valence-electron chi connectivity index (χ3n) is 5.61. The first kappa shape index (κ1) is 21.9. The van der Waals surface area contributed by atoms with Crippen LogP contribution < -0.4 is 16.0 Å². The smallest absolute Gasteiger partial charge is 0.408 e. The van der Waals surface area contributed by atoms with E-state index in [-0.39, 0.29) is 30.3 Å². The van der Waals surface area contributed by atoms with E-state index in [2.05, 4.69) is 22.9 Å². The summed E-state index contributed by atoms with van der Waals surface area (Å²) in [7, 11) is 0. The first-order valence-electron chi connectivity index (χ1n) is 9.95. The van der Waals surface area contributed by atoms with E-state index >= 15 is 0 Å². The van der Waals surface area contributed by atoms with Gasteiger partial charge in [-0.05, 0) is 44.4 Å². The molecule has 2 fully saturated rings. The van der Waals surface area contributed by atoms with Crippen LogP contribution in [0.1, 0.15) is 52.4 Å². The van der Waals surface area contributed by atoms with Crippen LogP contribution in [0.3, 0.4) is 0 Å². The molecule has 28 heavy (non-hydrogen) atoms. The molecule has 3 atom stereocenters. The number of alkyl carbamates (subject to hydrolysis) is 1. The molecule has 3 N–H and O–H groups in total. The Morgan fingerprint density at radius 3 is 2.64 bits per heavy atom. The number of carbonyl (C=O) groups excluding carboxylic acids is 4. The maximum absolute atomic E-state index is 12.8. The number of aldehydes is 1. The highest BCUT2D eigenvalue weighted by atomic mass is 16.5. The summed E-state index contributed by atoms with van der Waals surface area (Å²) >= 11 is 0. The summed E-state index contributed by atoms with van der Waals surface area (Å²) in [5.74, 6) is -0.797. The highest BCUT2D eigenvalue weighted by Gasteiger charge is 2.38. The quantitative estimate of drug-likeness (QED) is 0.384. The van der Waals surface area contributed by atoms with Crippen LogP contribution >= 0.6 is 0 Å². The van der Waals surface area contributed by atoms with Crippen molar-refractivity contribution >= 4 is 24.2 Å². The summed E-state index contributed by atoms with van der Waals surface area (Å²) in [5.41, 5.74) is -0.0133. The molecular formula is C20H31N3O5. The number of hydrogen-bond donors (Lipinski definition) is 3. The van der Waals surface area contributed by atoms with Crippen LogP contribution in [0.4, 0.5) is 4.79 Å². The molecule has 1 saturated heterocycles. The fraction of sp³-hybridized carbons (Fsp3) is 0.700. The van der Waals surface area contributed by atoms with Crippen LogP contribution in [0, 0.1) is 11.3 Å². The third-order valence-corrected chi connectivity index (χ3v) is 5.61. The minimum Gasteiger partial charge on any atom is -0.445 e. The highest BCUT2D eigenvalue weighted by Crippen LogP contribution is 2.44. The largest absolute Gasteiger partial charge is 0.445 e. The molecule has 3 unspecified atom stereocenters. The topological polar surface area (TPSA) is 114 Å². The zero-order chi connectivity index (χ0) is 20.6. The maximum Gasteiger partial charge on any atom is 0.408 e. The van der Waals surface area contributed by atoms with Crippen LogP contribution in [0.2, 0.25) is 0 Å². The zero-order valence-electron chi connectivity index (χ0n) is 16.7. The van der Waals surface area contributed by atoms with Crippen LogP contribution in [0.15, 0.2) is 12.2 Å². The molecule has 1 heterocycles. The molecule has 0 bridgehead atoms. The Kier molecular flexibility index (Phi) is 8.02. The molecule has 3 amide bonds. The van der Waals surface area contributed by atoms with Gasteiger partial charge < -0.3 is 25.5 Å². The lowest BCUT2D eigenvalue weighted by Gasteiger charge is -2.40.